The number of esters is 2. The molecule has 0 fully saturated rings. The van der Waals surface area contributed by atoms with Crippen molar-refractivity contribution < 1.29 is 19.1 Å². The Kier molecular flexibility index (Phi) is 5.96. The number of hydrogen-bond donors (Lipinski definition) is 0. The van der Waals surface area contributed by atoms with Crippen LogP contribution in [0.4, 0.5) is 0 Å². The number of nitriles is 1. The summed E-state index contributed by atoms with van der Waals surface area (Å²) >= 11 is 0. The molecule has 2 heterocycles. The second kappa shape index (κ2) is 9.16. The van der Waals surface area contributed by atoms with E-state index in [1.165, 1.54) is 18.9 Å². The highest BCUT2D eigenvalue weighted by Gasteiger charge is 2.31. The average Bonchev–Trinajstić information content (AvgIpc) is 3.29. The van der Waals surface area contributed by atoms with E-state index >= 15 is 0 Å². The number of pyridine rings is 1. The van der Waals surface area contributed by atoms with Crippen LogP contribution in [0.25, 0.3) is 28.2 Å². The lowest BCUT2D eigenvalue weighted by Gasteiger charge is -2.07. The highest BCUT2D eigenvalue weighted by molar-refractivity contribution is 6.06. The van der Waals surface area contributed by atoms with Crippen molar-refractivity contribution in [2.24, 2.45) is 0 Å². The van der Waals surface area contributed by atoms with Crippen molar-refractivity contribution in [3.63, 3.8) is 0 Å². The molecule has 0 unspecified atom stereocenters. The number of carbonyl (C=O) groups is 2. The van der Waals surface area contributed by atoms with Gasteiger partial charge in [0.1, 0.15) is 11.3 Å². The molecule has 0 aliphatic carbocycles. The predicted molar refractivity (Wildman–Crippen MR) is 120 cm³/mol. The van der Waals surface area contributed by atoms with Gasteiger partial charge in [0.05, 0.1) is 37.2 Å². The number of para-hydroxylation sites is 1. The number of carbonyl (C=O) groups excluding carboxylic acids is 2. The number of rotatable bonds is 5. The van der Waals surface area contributed by atoms with Gasteiger partial charge >= 0.3 is 11.9 Å². The largest absolute Gasteiger partial charge is 0.465 e. The standard InChI is InChI=1S/C25H18N4O4/c1-32-24(30)21-22(28-29(23(21)25(31)33-2)19-6-4-3-5-7-19)18-10-8-17(9-11-18)20-14-16(15-26)12-13-27-20/h3-14H,1-2H3. The van der Waals surface area contributed by atoms with Crippen molar-refractivity contribution in [2.45, 2.75) is 0 Å². The maximum absolute atomic E-state index is 12.7. The molecular formula is C25H18N4O4. The van der Waals surface area contributed by atoms with Crippen LogP contribution in [0, 0.1) is 11.3 Å². The molecule has 33 heavy (non-hydrogen) atoms. The monoisotopic (exact) mass is 438 g/mol. The van der Waals surface area contributed by atoms with Crippen LogP contribution in [0.2, 0.25) is 0 Å². The third kappa shape index (κ3) is 4.07. The molecule has 4 aromatic rings. The van der Waals surface area contributed by atoms with E-state index in [9.17, 15) is 9.59 Å². The SMILES string of the molecule is COC(=O)c1c(-c2ccc(-c3cc(C#N)ccn3)cc2)nn(-c2ccccc2)c1C(=O)OC. The molecule has 0 radical (unpaired) electrons. The van der Waals surface area contributed by atoms with Crippen molar-refractivity contribution in [1.29, 1.82) is 5.26 Å². The van der Waals surface area contributed by atoms with Gasteiger partial charge in [0.15, 0.2) is 5.69 Å². The first-order valence-electron chi connectivity index (χ1n) is 9.89. The summed E-state index contributed by atoms with van der Waals surface area (Å²) in [5.41, 5.74) is 3.35. The summed E-state index contributed by atoms with van der Waals surface area (Å²) < 4.78 is 11.3. The highest BCUT2D eigenvalue weighted by atomic mass is 16.5. The zero-order chi connectivity index (χ0) is 23.4. The lowest BCUT2D eigenvalue weighted by molar-refractivity contribution is 0.0549. The zero-order valence-electron chi connectivity index (χ0n) is 17.9. The van der Waals surface area contributed by atoms with Gasteiger partial charge in [-0.1, -0.05) is 42.5 Å². The number of ether oxygens (including phenoxy) is 2. The van der Waals surface area contributed by atoms with Gasteiger partial charge in [0.25, 0.3) is 0 Å². The van der Waals surface area contributed by atoms with Crippen molar-refractivity contribution in [2.75, 3.05) is 14.2 Å². The van der Waals surface area contributed by atoms with Crippen molar-refractivity contribution in [1.82, 2.24) is 14.8 Å². The Bertz CT molecular complexity index is 1370. The first-order chi connectivity index (χ1) is 16.1. The van der Waals surface area contributed by atoms with E-state index in [0.717, 1.165) is 5.56 Å². The topological polar surface area (TPSA) is 107 Å². The molecule has 2 aromatic heterocycles. The number of methoxy groups -OCH3 is 2. The molecule has 0 atom stereocenters. The van der Waals surface area contributed by atoms with Gasteiger partial charge in [0.2, 0.25) is 0 Å². The second-order valence-electron chi connectivity index (χ2n) is 6.92. The van der Waals surface area contributed by atoms with Gasteiger partial charge in [-0.2, -0.15) is 10.4 Å². The first kappa shape index (κ1) is 21.5. The minimum Gasteiger partial charge on any atom is -0.465 e. The van der Waals surface area contributed by atoms with Crippen LogP contribution in [0.15, 0.2) is 72.9 Å². The van der Waals surface area contributed by atoms with E-state index in [0.29, 0.717) is 22.5 Å². The molecule has 162 valence electrons. The molecule has 0 aliphatic heterocycles. The summed E-state index contributed by atoms with van der Waals surface area (Å²) in [5, 5.41) is 13.7. The third-order valence-electron chi connectivity index (χ3n) is 5.00. The Morgan fingerprint density at radius 2 is 1.58 bits per heavy atom. The molecular weight excluding hydrogens is 420 g/mol. The lowest BCUT2D eigenvalue weighted by atomic mass is 10.0. The van der Waals surface area contributed by atoms with Gasteiger partial charge in [-0.15, -0.1) is 0 Å². The van der Waals surface area contributed by atoms with Gasteiger partial charge in [-0.05, 0) is 24.3 Å². The van der Waals surface area contributed by atoms with Crippen LogP contribution < -0.4 is 0 Å². The maximum Gasteiger partial charge on any atom is 0.357 e. The minimum atomic E-state index is -0.716. The van der Waals surface area contributed by atoms with E-state index in [-0.39, 0.29) is 17.0 Å². The van der Waals surface area contributed by atoms with Gasteiger partial charge in [0, 0.05) is 17.3 Å². The van der Waals surface area contributed by atoms with Gasteiger partial charge in [-0.3, -0.25) is 4.98 Å². The number of hydrogen-bond acceptors (Lipinski definition) is 7. The van der Waals surface area contributed by atoms with Crippen LogP contribution in [0.1, 0.15) is 26.4 Å². The van der Waals surface area contributed by atoms with Crippen LogP contribution in [0.3, 0.4) is 0 Å². The summed E-state index contributed by atoms with van der Waals surface area (Å²) in [4.78, 5) is 29.7. The minimum absolute atomic E-state index is 0.00514. The molecule has 8 nitrogen and oxygen atoms in total. The predicted octanol–water partition coefficient (Wildman–Crippen LogP) is 4.05. The van der Waals surface area contributed by atoms with Crippen molar-refractivity contribution in [3.8, 4) is 34.3 Å². The third-order valence-corrected chi connectivity index (χ3v) is 5.00. The van der Waals surface area contributed by atoms with E-state index < -0.39 is 11.9 Å². The Morgan fingerprint density at radius 3 is 2.21 bits per heavy atom. The zero-order valence-corrected chi connectivity index (χ0v) is 17.9. The average molecular weight is 438 g/mol. The van der Waals surface area contributed by atoms with Crippen LogP contribution in [-0.4, -0.2) is 40.9 Å². The van der Waals surface area contributed by atoms with Crippen molar-refractivity contribution in [3.05, 3.63) is 89.7 Å². The summed E-state index contributed by atoms with van der Waals surface area (Å²) in [6.45, 7) is 0. The van der Waals surface area contributed by atoms with E-state index in [2.05, 4.69) is 16.2 Å². The van der Waals surface area contributed by atoms with Crippen molar-refractivity contribution >= 4 is 11.9 Å². The van der Waals surface area contributed by atoms with E-state index in [1.54, 1.807) is 66.9 Å². The normalized spacial score (nSPS) is 10.3. The Morgan fingerprint density at radius 1 is 0.909 bits per heavy atom. The molecule has 0 bridgehead atoms. The van der Waals surface area contributed by atoms with Crippen LogP contribution >= 0.6 is 0 Å². The fourth-order valence-corrected chi connectivity index (χ4v) is 3.41. The lowest BCUT2D eigenvalue weighted by Crippen LogP contribution is -2.15. The Hall–Kier alpha value is -4.77. The molecule has 8 heteroatoms. The van der Waals surface area contributed by atoms with Crippen LogP contribution in [0.5, 0.6) is 0 Å². The van der Waals surface area contributed by atoms with Gasteiger partial charge < -0.3 is 9.47 Å². The molecule has 0 aliphatic rings. The summed E-state index contributed by atoms with van der Waals surface area (Å²) in [6.07, 6.45) is 1.57. The second-order valence-corrected chi connectivity index (χ2v) is 6.92. The maximum atomic E-state index is 12.7. The fraction of sp³-hybridized carbons (Fsp3) is 0.0800. The van der Waals surface area contributed by atoms with Crippen LogP contribution in [-0.2, 0) is 9.47 Å². The fourth-order valence-electron chi connectivity index (χ4n) is 3.41. The Balaban J connectivity index is 1.88. The van der Waals surface area contributed by atoms with E-state index in [4.69, 9.17) is 14.7 Å². The first-order valence-corrected chi connectivity index (χ1v) is 9.89. The number of nitrogens with zero attached hydrogens (tertiary/aromatic N) is 4. The smallest absolute Gasteiger partial charge is 0.357 e. The summed E-state index contributed by atoms with van der Waals surface area (Å²) in [6, 6.07) is 21.5. The molecule has 0 saturated carbocycles. The number of benzene rings is 2. The molecule has 0 amide bonds. The molecule has 2 aromatic carbocycles. The van der Waals surface area contributed by atoms with Gasteiger partial charge in [-0.25, -0.2) is 14.3 Å². The summed E-state index contributed by atoms with van der Waals surface area (Å²) in [7, 11) is 2.48. The molecule has 0 saturated heterocycles. The molecule has 4 rings (SSSR count). The number of aromatic nitrogens is 3. The quantitative estimate of drug-likeness (QED) is 0.433. The highest BCUT2D eigenvalue weighted by Crippen LogP contribution is 2.30. The molecule has 0 N–H and O–H groups in total. The Labute approximate surface area is 189 Å². The summed E-state index contributed by atoms with van der Waals surface area (Å²) in [5.74, 6) is -1.42. The molecule has 0 spiro atoms. The van der Waals surface area contributed by atoms with E-state index in [1.807, 2.05) is 6.07 Å².